The second-order valence-corrected chi connectivity index (χ2v) is 9.82. The predicted molar refractivity (Wildman–Crippen MR) is 112 cm³/mol. The zero-order valence-electron chi connectivity index (χ0n) is 16.8. The van der Waals surface area contributed by atoms with Crippen LogP contribution in [0.5, 0.6) is 0 Å². The van der Waals surface area contributed by atoms with E-state index in [0.29, 0.717) is 24.5 Å². The number of hydrogen-bond donors (Lipinski definition) is 1. The fourth-order valence-electron chi connectivity index (χ4n) is 3.97. The molecule has 0 saturated carbocycles. The van der Waals surface area contributed by atoms with Gasteiger partial charge in [-0.25, -0.2) is 13.1 Å². The van der Waals surface area contributed by atoms with Gasteiger partial charge in [0, 0.05) is 32.0 Å². The zero-order chi connectivity index (χ0) is 21.4. The second kappa shape index (κ2) is 7.86. The van der Waals surface area contributed by atoms with E-state index < -0.39 is 10.0 Å². The van der Waals surface area contributed by atoms with Crippen LogP contribution >= 0.6 is 0 Å². The summed E-state index contributed by atoms with van der Waals surface area (Å²) in [7, 11) is -3.53. The average Bonchev–Trinajstić information content (AvgIpc) is 3.40. The maximum absolute atomic E-state index is 12.9. The molecule has 9 nitrogen and oxygen atoms in total. The first-order valence-electron chi connectivity index (χ1n) is 10.2. The van der Waals surface area contributed by atoms with E-state index in [9.17, 15) is 13.2 Å². The van der Waals surface area contributed by atoms with Crippen molar-refractivity contribution in [3.63, 3.8) is 0 Å². The number of aryl methyl sites for hydroxylation is 2. The highest BCUT2D eigenvalue weighted by atomic mass is 32.2. The normalized spacial score (nSPS) is 16.6. The summed E-state index contributed by atoms with van der Waals surface area (Å²) in [6.07, 6.45) is 7.92. The standard InChI is InChI=1S/C21H22N6O3S/c28-21(23-11-15-6-8-22-9-7-15)20-14-27(25-24-20)18-12-26(13-18)31(29,30)19-5-4-16-2-1-3-17(16)10-19/h4-10,14,18H,1-3,11-13H2,(H,23,28). The minimum absolute atomic E-state index is 0.140. The van der Waals surface area contributed by atoms with Crippen LogP contribution < -0.4 is 5.32 Å². The molecule has 1 amide bonds. The molecule has 0 atom stereocenters. The van der Waals surface area contributed by atoms with Crippen molar-refractivity contribution in [3.8, 4) is 0 Å². The molecule has 0 spiro atoms. The number of sulfonamides is 1. The third-order valence-electron chi connectivity index (χ3n) is 5.86. The van der Waals surface area contributed by atoms with E-state index in [1.807, 2.05) is 24.3 Å². The monoisotopic (exact) mass is 438 g/mol. The summed E-state index contributed by atoms with van der Waals surface area (Å²) in [6.45, 7) is 0.978. The highest BCUT2D eigenvalue weighted by Crippen LogP contribution is 2.30. The lowest BCUT2D eigenvalue weighted by Crippen LogP contribution is -2.50. The number of hydrogen-bond acceptors (Lipinski definition) is 6. The Morgan fingerprint density at radius 1 is 1.10 bits per heavy atom. The van der Waals surface area contributed by atoms with Gasteiger partial charge in [-0.1, -0.05) is 11.3 Å². The molecule has 0 bridgehead atoms. The van der Waals surface area contributed by atoms with Gasteiger partial charge in [-0.05, 0) is 60.2 Å². The van der Waals surface area contributed by atoms with Gasteiger partial charge in [-0.2, -0.15) is 4.31 Å². The van der Waals surface area contributed by atoms with E-state index in [0.717, 1.165) is 30.4 Å². The van der Waals surface area contributed by atoms with E-state index >= 15 is 0 Å². The highest BCUT2D eigenvalue weighted by molar-refractivity contribution is 7.89. The molecule has 2 aromatic heterocycles. The number of carbonyl (C=O) groups is 1. The van der Waals surface area contributed by atoms with E-state index in [1.165, 1.54) is 9.87 Å². The maximum atomic E-state index is 12.9. The number of nitrogens with one attached hydrogen (secondary N) is 1. The van der Waals surface area contributed by atoms with Gasteiger partial charge in [0.1, 0.15) is 0 Å². The van der Waals surface area contributed by atoms with Crippen LogP contribution in [-0.2, 0) is 29.4 Å². The molecule has 2 aliphatic rings. The van der Waals surface area contributed by atoms with Crippen molar-refractivity contribution < 1.29 is 13.2 Å². The molecule has 1 saturated heterocycles. The van der Waals surface area contributed by atoms with Crippen LogP contribution in [0.25, 0.3) is 0 Å². The van der Waals surface area contributed by atoms with Crippen LogP contribution in [0.2, 0.25) is 0 Å². The van der Waals surface area contributed by atoms with Gasteiger partial charge < -0.3 is 5.32 Å². The Morgan fingerprint density at radius 3 is 2.68 bits per heavy atom. The van der Waals surface area contributed by atoms with Crippen LogP contribution in [0, 0.1) is 0 Å². The largest absolute Gasteiger partial charge is 0.347 e. The molecular formula is C21H22N6O3S. The number of amides is 1. The number of pyridine rings is 1. The molecule has 10 heteroatoms. The second-order valence-electron chi connectivity index (χ2n) is 7.88. The molecule has 5 rings (SSSR count). The zero-order valence-corrected chi connectivity index (χ0v) is 17.6. The summed E-state index contributed by atoms with van der Waals surface area (Å²) in [4.78, 5) is 16.6. The van der Waals surface area contributed by atoms with Gasteiger partial charge in [0.15, 0.2) is 5.69 Å². The van der Waals surface area contributed by atoms with E-state index in [4.69, 9.17) is 0 Å². The van der Waals surface area contributed by atoms with Gasteiger partial charge in [0.25, 0.3) is 5.91 Å². The first-order chi connectivity index (χ1) is 15.0. The van der Waals surface area contributed by atoms with Crippen molar-refractivity contribution >= 4 is 15.9 Å². The number of aromatic nitrogens is 4. The Hall–Kier alpha value is -3.11. The lowest BCUT2D eigenvalue weighted by atomic mass is 10.1. The van der Waals surface area contributed by atoms with Crippen molar-refractivity contribution in [1.82, 2.24) is 29.6 Å². The van der Waals surface area contributed by atoms with Crippen LogP contribution in [0.1, 0.15) is 39.6 Å². The number of benzene rings is 1. The lowest BCUT2D eigenvalue weighted by Gasteiger charge is -2.37. The van der Waals surface area contributed by atoms with E-state index in [2.05, 4.69) is 20.6 Å². The fraction of sp³-hybridized carbons (Fsp3) is 0.333. The molecule has 1 fully saturated rings. The Morgan fingerprint density at radius 2 is 1.87 bits per heavy atom. The predicted octanol–water partition coefficient (Wildman–Crippen LogP) is 1.34. The maximum Gasteiger partial charge on any atom is 0.273 e. The Balaban J connectivity index is 1.20. The highest BCUT2D eigenvalue weighted by Gasteiger charge is 2.38. The number of rotatable bonds is 6. The topological polar surface area (TPSA) is 110 Å². The Bertz CT molecular complexity index is 1220. The summed E-state index contributed by atoms with van der Waals surface area (Å²) in [6, 6.07) is 8.95. The lowest BCUT2D eigenvalue weighted by molar-refractivity contribution is 0.0945. The Kier molecular flexibility index (Phi) is 5.03. The van der Waals surface area contributed by atoms with Crippen LogP contribution in [-0.4, -0.2) is 51.7 Å². The fourth-order valence-corrected chi connectivity index (χ4v) is 5.54. The van der Waals surface area contributed by atoms with E-state index in [1.54, 1.807) is 29.3 Å². The van der Waals surface area contributed by atoms with Gasteiger partial charge in [-0.3, -0.25) is 9.78 Å². The van der Waals surface area contributed by atoms with Gasteiger partial charge in [0.05, 0.1) is 17.1 Å². The quantitative estimate of drug-likeness (QED) is 0.622. The van der Waals surface area contributed by atoms with Crippen molar-refractivity contribution in [3.05, 3.63) is 71.3 Å². The number of fused-ring (bicyclic) bond motifs is 1. The van der Waals surface area contributed by atoms with Crippen molar-refractivity contribution in [2.45, 2.75) is 36.7 Å². The minimum atomic E-state index is -3.53. The molecule has 3 heterocycles. The van der Waals surface area contributed by atoms with Crippen LogP contribution in [0.15, 0.2) is 53.8 Å². The third-order valence-corrected chi connectivity index (χ3v) is 7.68. The number of carbonyl (C=O) groups excluding carboxylic acids is 1. The summed E-state index contributed by atoms with van der Waals surface area (Å²) in [5, 5.41) is 10.8. The molecule has 0 unspecified atom stereocenters. The first-order valence-corrected chi connectivity index (χ1v) is 11.7. The number of nitrogens with zero attached hydrogens (tertiary/aromatic N) is 5. The van der Waals surface area contributed by atoms with Crippen molar-refractivity contribution in [1.29, 1.82) is 0 Å². The summed E-state index contributed by atoms with van der Waals surface area (Å²) >= 11 is 0. The van der Waals surface area contributed by atoms with Gasteiger partial charge >= 0.3 is 0 Å². The van der Waals surface area contributed by atoms with Crippen LogP contribution in [0.3, 0.4) is 0 Å². The molecule has 1 N–H and O–H groups in total. The SMILES string of the molecule is O=C(NCc1ccncc1)c1cn(C2CN(S(=O)(=O)c3ccc4c(c3)CCC4)C2)nn1. The molecule has 31 heavy (non-hydrogen) atoms. The summed E-state index contributed by atoms with van der Waals surface area (Å²) < 4.78 is 28.9. The van der Waals surface area contributed by atoms with Crippen molar-refractivity contribution in [2.24, 2.45) is 0 Å². The molecule has 160 valence electrons. The van der Waals surface area contributed by atoms with E-state index in [-0.39, 0.29) is 17.6 Å². The molecular weight excluding hydrogens is 416 g/mol. The molecule has 0 radical (unpaired) electrons. The first kappa shape index (κ1) is 19.8. The third kappa shape index (κ3) is 3.84. The van der Waals surface area contributed by atoms with Gasteiger partial charge in [-0.15, -0.1) is 5.10 Å². The molecule has 3 aromatic rings. The smallest absolute Gasteiger partial charge is 0.273 e. The van der Waals surface area contributed by atoms with Crippen molar-refractivity contribution in [2.75, 3.05) is 13.1 Å². The molecule has 1 aliphatic carbocycles. The summed E-state index contributed by atoms with van der Waals surface area (Å²) in [5.41, 5.74) is 3.52. The average molecular weight is 439 g/mol. The minimum Gasteiger partial charge on any atom is -0.347 e. The van der Waals surface area contributed by atoms with Gasteiger partial charge in [0.2, 0.25) is 10.0 Å². The Labute approximate surface area is 180 Å². The molecule has 1 aromatic carbocycles. The molecule has 1 aliphatic heterocycles. The summed E-state index contributed by atoms with van der Waals surface area (Å²) in [5.74, 6) is -0.329. The van der Waals surface area contributed by atoms with Crippen LogP contribution in [0.4, 0.5) is 0 Å².